The number of hydrogen-bond acceptors (Lipinski definition) is 4. The maximum absolute atomic E-state index is 13.1. The van der Waals surface area contributed by atoms with Crippen LogP contribution in [0.25, 0.3) is 5.69 Å². The molecule has 1 aliphatic rings. The van der Waals surface area contributed by atoms with Crippen LogP contribution >= 0.6 is 11.6 Å². The fourth-order valence-corrected chi connectivity index (χ4v) is 3.32. The van der Waals surface area contributed by atoms with Crippen LogP contribution in [-0.2, 0) is 0 Å². The van der Waals surface area contributed by atoms with Gasteiger partial charge in [-0.25, -0.2) is 4.68 Å². The summed E-state index contributed by atoms with van der Waals surface area (Å²) < 4.78 is 12.9. The number of nitrogens with zero attached hydrogens (tertiary/aromatic N) is 3. The Morgan fingerprint density at radius 3 is 2.57 bits per heavy atom. The summed E-state index contributed by atoms with van der Waals surface area (Å²) in [6.45, 7) is 4.79. The molecule has 0 unspecified atom stereocenters. The number of aryl methyl sites for hydroxylation is 1. The summed E-state index contributed by atoms with van der Waals surface area (Å²) in [5, 5.41) is 5.09. The smallest absolute Gasteiger partial charge is 0.258 e. The van der Waals surface area contributed by atoms with Gasteiger partial charge in [-0.15, -0.1) is 0 Å². The molecule has 1 amide bonds. The number of aromatic nitrogens is 2. The molecule has 7 heteroatoms. The molecule has 0 bridgehead atoms. The summed E-state index contributed by atoms with van der Waals surface area (Å²) in [6.07, 6.45) is 0. The Morgan fingerprint density at radius 2 is 1.86 bits per heavy atom. The van der Waals surface area contributed by atoms with E-state index < -0.39 is 0 Å². The largest absolute Gasteiger partial charge is 0.486 e. The highest BCUT2D eigenvalue weighted by Gasteiger charge is 2.19. The highest BCUT2D eigenvalue weighted by molar-refractivity contribution is 6.31. The molecule has 2 aromatic carbocycles. The van der Waals surface area contributed by atoms with Crippen molar-refractivity contribution >= 4 is 23.2 Å². The van der Waals surface area contributed by atoms with Gasteiger partial charge in [-0.1, -0.05) is 17.7 Å². The van der Waals surface area contributed by atoms with E-state index in [9.17, 15) is 4.79 Å². The van der Waals surface area contributed by atoms with Gasteiger partial charge in [0.25, 0.3) is 5.91 Å². The van der Waals surface area contributed by atoms with Gasteiger partial charge in [0, 0.05) is 24.4 Å². The minimum absolute atomic E-state index is 0.133. The number of amides is 1. The molecule has 0 saturated heterocycles. The van der Waals surface area contributed by atoms with Crippen molar-refractivity contribution in [2.45, 2.75) is 13.8 Å². The summed E-state index contributed by atoms with van der Waals surface area (Å²) in [5.41, 5.74) is 3.66. The topological polar surface area (TPSA) is 56.6 Å². The first-order valence-electron chi connectivity index (χ1n) is 8.95. The lowest BCUT2D eigenvalue weighted by atomic mass is 10.1. The molecule has 0 saturated carbocycles. The molecule has 3 aromatic rings. The zero-order chi connectivity index (χ0) is 19.8. The van der Waals surface area contributed by atoms with Gasteiger partial charge < -0.3 is 14.4 Å². The molecule has 1 aromatic heterocycles. The van der Waals surface area contributed by atoms with E-state index in [-0.39, 0.29) is 5.91 Å². The Labute approximate surface area is 168 Å². The molecular formula is C21H20ClN3O3. The number of hydrogen-bond donors (Lipinski definition) is 0. The number of carbonyl (C=O) groups excluding carboxylic acids is 1. The van der Waals surface area contributed by atoms with E-state index in [4.69, 9.17) is 21.1 Å². The van der Waals surface area contributed by atoms with Gasteiger partial charge in [0.05, 0.1) is 22.1 Å². The number of benzene rings is 2. The van der Waals surface area contributed by atoms with Crippen LogP contribution in [0, 0.1) is 13.8 Å². The normalized spacial score (nSPS) is 12.7. The van der Waals surface area contributed by atoms with Crippen LogP contribution in [-0.4, -0.2) is 35.9 Å². The minimum Gasteiger partial charge on any atom is -0.486 e. The predicted octanol–water partition coefficient (Wildman–Crippen LogP) is 4.19. The Kier molecular flexibility index (Phi) is 4.73. The number of halogens is 1. The lowest BCUT2D eigenvalue weighted by molar-refractivity contribution is 0.0993. The molecule has 0 spiro atoms. The van der Waals surface area contributed by atoms with Crippen LogP contribution in [0.2, 0.25) is 5.02 Å². The zero-order valence-corrected chi connectivity index (χ0v) is 16.7. The van der Waals surface area contributed by atoms with Crippen molar-refractivity contribution in [1.82, 2.24) is 9.78 Å². The van der Waals surface area contributed by atoms with E-state index in [1.165, 1.54) is 0 Å². The second-order valence-corrected chi connectivity index (χ2v) is 7.02. The van der Waals surface area contributed by atoms with Gasteiger partial charge in [-0.05, 0) is 44.2 Å². The Hall–Kier alpha value is -2.99. The van der Waals surface area contributed by atoms with Crippen molar-refractivity contribution in [1.29, 1.82) is 0 Å². The van der Waals surface area contributed by atoms with E-state index in [1.807, 2.05) is 50.2 Å². The van der Waals surface area contributed by atoms with Crippen LogP contribution in [0.15, 0.2) is 42.5 Å². The van der Waals surface area contributed by atoms with Crippen molar-refractivity contribution in [3.05, 3.63) is 64.4 Å². The van der Waals surface area contributed by atoms with Crippen molar-refractivity contribution in [3.63, 3.8) is 0 Å². The fraction of sp³-hybridized carbons (Fsp3) is 0.238. The molecule has 6 nitrogen and oxygen atoms in total. The molecule has 0 fully saturated rings. The first kappa shape index (κ1) is 18.4. The van der Waals surface area contributed by atoms with Crippen molar-refractivity contribution in [3.8, 4) is 17.2 Å². The van der Waals surface area contributed by atoms with E-state index >= 15 is 0 Å². The predicted molar refractivity (Wildman–Crippen MR) is 108 cm³/mol. The summed E-state index contributed by atoms with van der Waals surface area (Å²) in [6, 6.07) is 12.8. The van der Waals surface area contributed by atoms with Crippen LogP contribution in [0.3, 0.4) is 0 Å². The van der Waals surface area contributed by atoms with Gasteiger partial charge in [-0.3, -0.25) is 4.79 Å². The molecular weight excluding hydrogens is 378 g/mol. The SMILES string of the molecule is Cc1nn(-c2cccc(C(=O)N(C)c3ccc4c(c3)OCCO4)c2)c(C)c1Cl. The molecule has 4 rings (SSSR count). The van der Waals surface area contributed by atoms with Crippen molar-refractivity contribution < 1.29 is 14.3 Å². The number of carbonyl (C=O) groups is 1. The van der Waals surface area contributed by atoms with E-state index in [0.29, 0.717) is 35.3 Å². The molecule has 0 radical (unpaired) electrons. The average Bonchev–Trinajstić information content (AvgIpc) is 2.99. The standard InChI is InChI=1S/C21H20ClN3O3/c1-13-20(22)14(2)25(23-13)17-6-4-5-15(11-17)21(26)24(3)16-7-8-18-19(12-16)28-10-9-27-18/h4-8,11-12H,9-10H2,1-3H3. The summed E-state index contributed by atoms with van der Waals surface area (Å²) in [4.78, 5) is 14.6. The van der Waals surface area contributed by atoms with Gasteiger partial charge in [0.2, 0.25) is 0 Å². The third-order valence-electron chi connectivity index (χ3n) is 4.76. The van der Waals surface area contributed by atoms with E-state index in [1.54, 1.807) is 22.7 Å². The molecule has 2 heterocycles. The Bertz CT molecular complexity index is 1060. The third kappa shape index (κ3) is 3.20. The second-order valence-electron chi connectivity index (χ2n) is 6.64. The van der Waals surface area contributed by atoms with Gasteiger partial charge in [0.15, 0.2) is 11.5 Å². The number of rotatable bonds is 3. The zero-order valence-electron chi connectivity index (χ0n) is 15.9. The molecule has 1 aliphatic heterocycles. The monoisotopic (exact) mass is 397 g/mol. The number of fused-ring (bicyclic) bond motifs is 1. The minimum atomic E-state index is -0.133. The first-order chi connectivity index (χ1) is 13.5. The van der Waals surface area contributed by atoms with E-state index in [2.05, 4.69) is 5.10 Å². The van der Waals surface area contributed by atoms with Crippen LogP contribution in [0.5, 0.6) is 11.5 Å². The summed E-state index contributed by atoms with van der Waals surface area (Å²) in [5.74, 6) is 1.21. The fourth-order valence-electron chi connectivity index (χ4n) is 3.20. The quantitative estimate of drug-likeness (QED) is 0.665. The second kappa shape index (κ2) is 7.20. The van der Waals surface area contributed by atoms with Crippen molar-refractivity contribution in [2.24, 2.45) is 0 Å². The third-order valence-corrected chi connectivity index (χ3v) is 5.31. The summed E-state index contributed by atoms with van der Waals surface area (Å²) in [7, 11) is 1.74. The van der Waals surface area contributed by atoms with Crippen LogP contribution < -0.4 is 14.4 Å². The first-order valence-corrected chi connectivity index (χ1v) is 9.33. The number of ether oxygens (including phenoxy) is 2. The van der Waals surface area contributed by atoms with Crippen molar-refractivity contribution in [2.75, 3.05) is 25.2 Å². The average molecular weight is 398 g/mol. The van der Waals surface area contributed by atoms with E-state index in [0.717, 1.165) is 22.8 Å². The molecule has 0 aliphatic carbocycles. The highest BCUT2D eigenvalue weighted by atomic mass is 35.5. The number of anilines is 1. The van der Waals surface area contributed by atoms with Gasteiger partial charge >= 0.3 is 0 Å². The lowest BCUT2D eigenvalue weighted by Crippen LogP contribution is -2.26. The van der Waals surface area contributed by atoms with Crippen LogP contribution in [0.4, 0.5) is 5.69 Å². The van der Waals surface area contributed by atoms with Crippen LogP contribution in [0.1, 0.15) is 21.7 Å². The maximum Gasteiger partial charge on any atom is 0.258 e. The highest BCUT2D eigenvalue weighted by Crippen LogP contribution is 2.34. The Morgan fingerprint density at radius 1 is 1.11 bits per heavy atom. The molecule has 0 N–H and O–H groups in total. The molecule has 144 valence electrons. The summed E-state index contributed by atoms with van der Waals surface area (Å²) >= 11 is 6.26. The Balaban J connectivity index is 1.64. The van der Waals surface area contributed by atoms with Gasteiger partial charge in [-0.2, -0.15) is 5.10 Å². The maximum atomic E-state index is 13.1. The van der Waals surface area contributed by atoms with Gasteiger partial charge in [0.1, 0.15) is 13.2 Å². The molecule has 28 heavy (non-hydrogen) atoms. The molecule has 0 atom stereocenters. The lowest BCUT2D eigenvalue weighted by Gasteiger charge is -2.22.